The summed E-state index contributed by atoms with van der Waals surface area (Å²) in [6.07, 6.45) is 3.48. The predicted molar refractivity (Wildman–Crippen MR) is 129 cm³/mol. The highest BCUT2D eigenvalue weighted by atomic mass is 32.2. The maximum atomic E-state index is 12.7. The molecule has 0 bridgehead atoms. The molecule has 3 aromatic rings. The SMILES string of the molecule is COc1ccc(-c2nc(CC(=O)Nc3ccc(S(=O)(=O)C4CCCC4)cc3)cs2)cc1OC. The van der Waals surface area contributed by atoms with Gasteiger partial charge in [-0.3, -0.25) is 4.79 Å². The van der Waals surface area contributed by atoms with Crippen LogP contribution in [0.5, 0.6) is 11.5 Å². The lowest BCUT2D eigenvalue weighted by molar-refractivity contribution is -0.115. The number of sulfone groups is 1. The number of amides is 1. The Kier molecular flexibility index (Phi) is 6.99. The molecule has 1 amide bonds. The van der Waals surface area contributed by atoms with Crippen molar-refractivity contribution in [3.8, 4) is 22.1 Å². The summed E-state index contributed by atoms with van der Waals surface area (Å²) < 4.78 is 36.0. The van der Waals surface area contributed by atoms with Crippen LogP contribution in [-0.4, -0.2) is 38.8 Å². The second-order valence-electron chi connectivity index (χ2n) is 7.91. The highest BCUT2D eigenvalue weighted by molar-refractivity contribution is 7.92. The lowest BCUT2D eigenvalue weighted by Gasteiger charge is -2.12. The zero-order valence-corrected chi connectivity index (χ0v) is 20.2. The summed E-state index contributed by atoms with van der Waals surface area (Å²) in [5, 5.41) is 5.15. The molecule has 9 heteroatoms. The van der Waals surface area contributed by atoms with Gasteiger partial charge in [-0.15, -0.1) is 11.3 Å². The number of carbonyl (C=O) groups is 1. The molecule has 7 nitrogen and oxygen atoms in total. The molecule has 1 saturated carbocycles. The zero-order valence-electron chi connectivity index (χ0n) is 18.5. The first-order valence-electron chi connectivity index (χ1n) is 10.7. The number of carbonyl (C=O) groups excluding carboxylic acids is 1. The molecule has 174 valence electrons. The van der Waals surface area contributed by atoms with Gasteiger partial charge in [-0.25, -0.2) is 13.4 Å². The molecule has 1 aliphatic rings. The first kappa shape index (κ1) is 23.3. The summed E-state index contributed by atoms with van der Waals surface area (Å²) >= 11 is 1.45. The van der Waals surface area contributed by atoms with E-state index in [2.05, 4.69) is 10.3 Å². The van der Waals surface area contributed by atoms with Crippen molar-refractivity contribution in [2.75, 3.05) is 19.5 Å². The second kappa shape index (κ2) is 9.93. The van der Waals surface area contributed by atoms with E-state index in [-0.39, 0.29) is 17.6 Å². The molecule has 0 spiro atoms. The van der Waals surface area contributed by atoms with Crippen LogP contribution in [0, 0.1) is 0 Å². The normalized spacial score (nSPS) is 14.2. The van der Waals surface area contributed by atoms with E-state index < -0.39 is 9.84 Å². The van der Waals surface area contributed by atoms with Gasteiger partial charge in [-0.1, -0.05) is 12.8 Å². The zero-order chi connectivity index (χ0) is 23.4. The van der Waals surface area contributed by atoms with Crippen molar-refractivity contribution < 1.29 is 22.7 Å². The van der Waals surface area contributed by atoms with Crippen LogP contribution in [0.25, 0.3) is 10.6 Å². The van der Waals surface area contributed by atoms with Gasteiger partial charge in [0.2, 0.25) is 5.91 Å². The van der Waals surface area contributed by atoms with E-state index in [4.69, 9.17) is 9.47 Å². The summed E-state index contributed by atoms with van der Waals surface area (Å²) in [4.78, 5) is 17.4. The number of thiazole rings is 1. The van der Waals surface area contributed by atoms with Gasteiger partial charge in [0.25, 0.3) is 0 Å². The van der Waals surface area contributed by atoms with E-state index in [1.807, 2.05) is 23.6 Å². The van der Waals surface area contributed by atoms with E-state index >= 15 is 0 Å². The number of nitrogens with one attached hydrogen (secondary N) is 1. The number of anilines is 1. The fraction of sp³-hybridized carbons (Fsp3) is 0.333. The highest BCUT2D eigenvalue weighted by Crippen LogP contribution is 2.34. The summed E-state index contributed by atoms with van der Waals surface area (Å²) in [6, 6.07) is 12.0. The second-order valence-corrected chi connectivity index (χ2v) is 11.0. The third-order valence-corrected chi connectivity index (χ3v) is 8.95. The van der Waals surface area contributed by atoms with Gasteiger partial charge in [0.15, 0.2) is 21.3 Å². The molecular formula is C24H26N2O5S2. The van der Waals surface area contributed by atoms with Crippen LogP contribution in [0.4, 0.5) is 5.69 Å². The number of nitrogens with zero attached hydrogens (tertiary/aromatic N) is 1. The van der Waals surface area contributed by atoms with Gasteiger partial charge in [0.05, 0.1) is 36.5 Å². The van der Waals surface area contributed by atoms with E-state index in [9.17, 15) is 13.2 Å². The number of hydrogen-bond acceptors (Lipinski definition) is 7. The number of methoxy groups -OCH3 is 2. The number of ether oxygens (including phenoxy) is 2. The van der Waals surface area contributed by atoms with Crippen molar-refractivity contribution in [1.82, 2.24) is 4.98 Å². The maximum Gasteiger partial charge on any atom is 0.230 e. The Morgan fingerprint density at radius 3 is 2.42 bits per heavy atom. The fourth-order valence-corrected chi connectivity index (χ4v) is 6.65. The van der Waals surface area contributed by atoms with Crippen LogP contribution in [0.2, 0.25) is 0 Å². The predicted octanol–water partition coefficient (Wildman–Crippen LogP) is 4.72. The number of hydrogen-bond donors (Lipinski definition) is 1. The van der Waals surface area contributed by atoms with Crippen LogP contribution in [0.1, 0.15) is 31.4 Å². The Labute approximate surface area is 197 Å². The molecule has 0 radical (unpaired) electrons. The Balaban J connectivity index is 1.39. The van der Waals surface area contributed by atoms with Crippen molar-refractivity contribution >= 4 is 32.8 Å². The van der Waals surface area contributed by atoms with Gasteiger partial charge >= 0.3 is 0 Å². The minimum absolute atomic E-state index is 0.117. The third-order valence-electron chi connectivity index (χ3n) is 5.73. The van der Waals surface area contributed by atoms with Crippen molar-refractivity contribution in [2.45, 2.75) is 42.2 Å². The molecule has 0 unspecified atom stereocenters. The largest absolute Gasteiger partial charge is 0.493 e. The molecule has 1 fully saturated rings. The topological polar surface area (TPSA) is 94.6 Å². The van der Waals surface area contributed by atoms with Gasteiger partial charge in [-0.05, 0) is 55.3 Å². The molecule has 1 N–H and O–H groups in total. The molecule has 33 heavy (non-hydrogen) atoms. The van der Waals surface area contributed by atoms with E-state index in [1.54, 1.807) is 38.5 Å². The number of aromatic nitrogens is 1. The number of benzene rings is 2. The fourth-order valence-electron chi connectivity index (χ4n) is 3.98. The highest BCUT2D eigenvalue weighted by Gasteiger charge is 2.30. The minimum atomic E-state index is -3.30. The molecule has 0 aliphatic heterocycles. The van der Waals surface area contributed by atoms with Crippen LogP contribution in [-0.2, 0) is 21.1 Å². The minimum Gasteiger partial charge on any atom is -0.493 e. The third kappa shape index (κ3) is 5.20. The van der Waals surface area contributed by atoms with Crippen LogP contribution in [0.3, 0.4) is 0 Å². The van der Waals surface area contributed by atoms with Crippen molar-refractivity contribution in [3.05, 3.63) is 53.5 Å². The maximum absolute atomic E-state index is 12.7. The Hall–Kier alpha value is -2.91. The molecule has 0 saturated heterocycles. The molecule has 4 rings (SSSR count). The van der Waals surface area contributed by atoms with Crippen molar-refractivity contribution in [2.24, 2.45) is 0 Å². The molecular weight excluding hydrogens is 460 g/mol. The van der Waals surface area contributed by atoms with Crippen molar-refractivity contribution in [1.29, 1.82) is 0 Å². The molecule has 0 atom stereocenters. The monoisotopic (exact) mass is 486 g/mol. The van der Waals surface area contributed by atoms with Crippen LogP contribution >= 0.6 is 11.3 Å². The molecule has 1 aliphatic carbocycles. The summed E-state index contributed by atoms with van der Waals surface area (Å²) in [5.74, 6) is 1.04. The summed E-state index contributed by atoms with van der Waals surface area (Å²) in [5.41, 5.74) is 2.09. The lowest BCUT2D eigenvalue weighted by atomic mass is 10.2. The smallest absolute Gasteiger partial charge is 0.230 e. The first-order chi connectivity index (χ1) is 15.9. The van der Waals surface area contributed by atoms with Gasteiger partial charge < -0.3 is 14.8 Å². The Bertz CT molecular complexity index is 1230. The first-order valence-corrected chi connectivity index (χ1v) is 13.1. The summed E-state index contributed by atoms with van der Waals surface area (Å²) in [7, 11) is -0.141. The average Bonchev–Trinajstić information content (AvgIpc) is 3.52. The molecule has 1 aromatic heterocycles. The van der Waals surface area contributed by atoms with Crippen LogP contribution in [0.15, 0.2) is 52.7 Å². The average molecular weight is 487 g/mol. The molecule has 1 heterocycles. The van der Waals surface area contributed by atoms with E-state index in [0.29, 0.717) is 27.8 Å². The lowest BCUT2D eigenvalue weighted by Crippen LogP contribution is -2.18. The van der Waals surface area contributed by atoms with E-state index in [1.165, 1.54) is 11.3 Å². The Morgan fingerprint density at radius 2 is 1.76 bits per heavy atom. The van der Waals surface area contributed by atoms with E-state index in [0.717, 1.165) is 36.3 Å². The van der Waals surface area contributed by atoms with Crippen LogP contribution < -0.4 is 14.8 Å². The van der Waals surface area contributed by atoms with Crippen molar-refractivity contribution in [3.63, 3.8) is 0 Å². The van der Waals surface area contributed by atoms with Gasteiger partial charge in [0, 0.05) is 16.6 Å². The number of rotatable bonds is 8. The molecule has 2 aromatic carbocycles. The summed E-state index contributed by atoms with van der Waals surface area (Å²) in [6.45, 7) is 0. The van der Waals surface area contributed by atoms with Gasteiger partial charge in [0.1, 0.15) is 5.01 Å². The van der Waals surface area contributed by atoms with Gasteiger partial charge in [-0.2, -0.15) is 0 Å². The quantitative estimate of drug-likeness (QED) is 0.495. The Morgan fingerprint density at radius 1 is 1.06 bits per heavy atom. The standard InChI is InChI=1S/C24H26N2O5S2/c1-30-21-12-7-16(13-22(21)31-2)24-26-18(15-32-24)14-23(27)25-17-8-10-20(11-9-17)33(28,29)19-5-3-4-6-19/h7-13,15,19H,3-6,14H2,1-2H3,(H,25,27).